The van der Waals surface area contributed by atoms with E-state index in [1.807, 2.05) is 55.9 Å². The van der Waals surface area contributed by atoms with Gasteiger partial charge >= 0.3 is 0 Å². The van der Waals surface area contributed by atoms with E-state index in [0.717, 1.165) is 10.1 Å². The molecule has 0 unspecified atom stereocenters. The number of fused-ring (bicyclic) bond motifs is 1. The molecule has 0 atom stereocenters. The van der Waals surface area contributed by atoms with Crippen LogP contribution in [0.5, 0.6) is 0 Å². The van der Waals surface area contributed by atoms with Gasteiger partial charge in [-0.1, -0.05) is 43.8 Å². The van der Waals surface area contributed by atoms with Gasteiger partial charge in [0.05, 0.1) is 5.39 Å². The minimum atomic E-state index is -0.349. The Kier molecular flexibility index (Phi) is 5.90. The van der Waals surface area contributed by atoms with Gasteiger partial charge in [-0.2, -0.15) is 5.10 Å². The number of amides is 1. The topological polar surface area (TPSA) is 81.8 Å². The third-order valence-corrected chi connectivity index (χ3v) is 5.80. The molecule has 158 valence electrons. The lowest BCUT2D eigenvalue weighted by Gasteiger charge is -2.13. The van der Waals surface area contributed by atoms with Crippen LogP contribution in [0, 0.1) is 5.92 Å². The summed E-state index contributed by atoms with van der Waals surface area (Å²) >= 11 is 1.54. The van der Waals surface area contributed by atoms with Crippen molar-refractivity contribution in [3.05, 3.63) is 77.0 Å². The number of benzene rings is 2. The summed E-state index contributed by atoms with van der Waals surface area (Å²) < 4.78 is 3.33. The lowest BCUT2D eigenvalue weighted by atomic mass is 10.1. The Hall–Kier alpha value is -3.39. The second-order valence-electron chi connectivity index (χ2n) is 7.68. The molecule has 31 heavy (non-hydrogen) atoms. The number of hydrogen-bond donors (Lipinski definition) is 1. The fraction of sp³-hybridized carbons (Fsp3) is 0.217. The molecule has 8 heteroatoms. The zero-order chi connectivity index (χ0) is 22.0. The molecule has 7 nitrogen and oxygen atoms in total. The summed E-state index contributed by atoms with van der Waals surface area (Å²) in [7, 11) is 1.94. The van der Waals surface area contributed by atoms with Gasteiger partial charge < -0.3 is 9.88 Å². The van der Waals surface area contributed by atoms with Gasteiger partial charge in [-0.15, -0.1) is 0 Å². The SMILES string of the molecule is CC(C)Cn1nc(C(=O)Nc2ccc(Sc3nccn3C)cc2)c2ccccc2c1=O. The Morgan fingerprint density at radius 2 is 1.81 bits per heavy atom. The fourth-order valence-electron chi connectivity index (χ4n) is 3.22. The highest BCUT2D eigenvalue weighted by atomic mass is 32.2. The van der Waals surface area contributed by atoms with E-state index >= 15 is 0 Å². The van der Waals surface area contributed by atoms with Crippen LogP contribution < -0.4 is 10.9 Å². The molecular weight excluding hydrogens is 410 g/mol. The zero-order valence-corrected chi connectivity index (χ0v) is 18.4. The van der Waals surface area contributed by atoms with Crippen LogP contribution in [0.15, 0.2) is 75.8 Å². The maximum Gasteiger partial charge on any atom is 0.276 e. The number of hydrogen-bond acceptors (Lipinski definition) is 5. The minimum Gasteiger partial charge on any atom is -0.329 e. The highest BCUT2D eigenvalue weighted by Gasteiger charge is 2.17. The fourth-order valence-corrected chi connectivity index (χ4v) is 4.03. The number of aromatic nitrogens is 4. The molecule has 4 aromatic rings. The summed E-state index contributed by atoms with van der Waals surface area (Å²) in [6, 6.07) is 14.6. The molecule has 0 radical (unpaired) electrons. The average Bonchev–Trinajstić information content (AvgIpc) is 3.15. The number of rotatable bonds is 6. The van der Waals surface area contributed by atoms with Gasteiger partial charge in [0, 0.05) is 42.0 Å². The van der Waals surface area contributed by atoms with Gasteiger partial charge in [-0.05, 0) is 36.2 Å². The molecule has 0 aliphatic heterocycles. The molecule has 0 spiro atoms. The number of anilines is 1. The molecule has 0 bridgehead atoms. The molecule has 1 amide bonds. The van der Waals surface area contributed by atoms with Gasteiger partial charge in [0.15, 0.2) is 10.9 Å². The normalized spacial score (nSPS) is 11.2. The Labute approximate surface area is 184 Å². The summed E-state index contributed by atoms with van der Waals surface area (Å²) in [6.45, 7) is 4.46. The summed E-state index contributed by atoms with van der Waals surface area (Å²) in [5, 5.41) is 9.22. The summed E-state index contributed by atoms with van der Waals surface area (Å²) in [4.78, 5) is 31.1. The van der Waals surface area contributed by atoms with Crippen molar-refractivity contribution in [1.29, 1.82) is 0 Å². The van der Waals surface area contributed by atoms with E-state index in [4.69, 9.17) is 0 Å². The maximum absolute atomic E-state index is 13.1. The first-order valence-corrected chi connectivity index (χ1v) is 10.8. The largest absolute Gasteiger partial charge is 0.329 e. The molecule has 2 aromatic heterocycles. The van der Waals surface area contributed by atoms with Crippen molar-refractivity contribution in [1.82, 2.24) is 19.3 Å². The predicted octanol–water partition coefficient (Wildman–Crippen LogP) is 4.19. The Morgan fingerprint density at radius 1 is 1.10 bits per heavy atom. The summed E-state index contributed by atoms with van der Waals surface area (Å²) in [5.41, 5.74) is 0.709. The lowest BCUT2D eigenvalue weighted by molar-refractivity contribution is 0.102. The van der Waals surface area contributed by atoms with Crippen LogP contribution in [0.1, 0.15) is 24.3 Å². The highest BCUT2D eigenvalue weighted by molar-refractivity contribution is 7.99. The third-order valence-electron chi connectivity index (χ3n) is 4.72. The quantitative estimate of drug-likeness (QED) is 0.493. The van der Waals surface area contributed by atoms with Crippen molar-refractivity contribution in [2.45, 2.75) is 30.4 Å². The van der Waals surface area contributed by atoms with Crippen LogP contribution in [-0.2, 0) is 13.6 Å². The number of imidazole rings is 1. The van der Waals surface area contributed by atoms with Crippen molar-refractivity contribution in [2.75, 3.05) is 5.32 Å². The van der Waals surface area contributed by atoms with Crippen molar-refractivity contribution in [2.24, 2.45) is 13.0 Å². The second-order valence-corrected chi connectivity index (χ2v) is 8.72. The standard InChI is InChI=1S/C23H23N5O2S/c1-15(2)14-28-22(30)19-7-5-4-6-18(19)20(26-28)21(29)25-16-8-10-17(11-9-16)31-23-24-12-13-27(23)3/h4-13,15H,14H2,1-3H3,(H,25,29). The first-order valence-electron chi connectivity index (χ1n) is 9.99. The van der Waals surface area contributed by atoms with Crippen molar-refractivity contribution in [3.63, 3.8) is 0 Å². The summed E-state index contributed by atoms with van der Waals surface area (Å²) in [5.74, 6) is -0.121. The molecule has 1 N–H and O–H groups in total. The minimum absolute atomic E-state index is 0.184. The first-order chi connectivity index (χ1) is 14.9. The molecule has 0 saturated carbocycles. The molecule has 0 aliphatic carbocycles. The first kappa shape index (κ1) is 20.9. The van der Waals surface area contributed by atoms with Crippen molar-refractivity contribution >= 4 is 34.1 Å². The molecule has 0 fully saturated rings. The Morgan fingerprint density at radius 3 is 2.45 bits per heavy atom. The van der Waals surface area contributed by atoms with Crippen LogP contribution in [-0.4, -0.2) is 25.2 Å². The highest BCUT2D eigenvalue weighted by Crippen LogP contribution is 2.27. The van der Waals surface area contributed by atoms with E-state index in [0.29, 0.717) is 23.0 Å². The molecule has 0 aliphatic rings. The predicted molar refractivity (Wildman–Crippen MR) is 123 cm³/mol. The van der Waals surface area contributed by atoms with Crippen molar-refractivity contribution < 1.29 is 4.79 Å². The Bertz CT molecular complexity index is 1290. The number of carbonyl (C=O) groups is 1. The molecular formula is C23H23N5O2S. The van der Waals surface area contributed by atoms with Crippen LogP contribution in [0.2, 0.25) is 0 Å². The van der Waals surface area contributed by atoms with Crippen LogP contribution in [0.3, 0.4) is 0 Å². The number of aryl methyl sites for hydroxylation is 1. The average molecular weight is 434 g/mol. The molecule has 4 rings (SSSR count). The number of nitrogens with one attached hydrogen (secondary N) is 1. The summed E-state index contributed by atoms with van der Waals surface area (Å²) in [6.07, 6.45) is 3.65. The molecule has 2 aromatic carbocycles. The lowest BCUT2D eigenvalue weighted by Crippen LogP contribution is -2.29. The van der Waals surface area contributed by atoms with Gasteiger partial charge in [0.2, 0.25) is 0 Å². The van der Waals surface area contributed by atoms with E-state index < -0.39 is 0 Å². The maximum atomic E-state index is 13.1. The zero-order valence-electron chi connectivity index (χ0n) is 17.6. The number of nitrogens with zero attached hydrogens (tertiary/aromatic N) is 4. The van der Waals surface area contributed by atoms with E-state index in [9.17, 15) is 9.59 Å². The monoisotopic (exact) mass is 433 g/mol. The van der Waals surface area contributed by atoms with Crippen LogP contribution in [0.4, 0.5) is 5.69 Å². The van der Waals surface area contributed by atoms with Gasteiger partial charge in [0.25, 0.3) is 11.5 Å². The van der Waals surface area contributed by atoms with E-state index in [1.165, 1.54) is 4.68 Å². The van der Waals surface area contributed by atoms with Crippen LogP contribution >= 0.6 is 11.8 Å². The smallest absolute Gasteiger partial charge is 0.276 e. The molecule has 0 saturated heterocycles. The van der Waals surface area contributed by atoms with Gasteiger partial charge in [0.1, 0.15) is 0 Å². The van der Waals surface area contributed by atoms with E-state index in [-0.39, 0.29) is 23.1 Å². The van der Waals surface area contributed by atoms with Gasteiger partial charge in [-0.25, -0.2) is 9.67 Å². The third kappa shape index (κ3) is 4.54. The van der Waals surface area contributed by atoms with E-state index in [2.05, 4.69) is 15.4 Å². The Balaban J connectivity index is 1.60. The van der Waals surface area contributed by atoms with E-state index in [1.54, 1.807) is 42.2 Å². The molecule has 2 heterocycles. The van der Waals surface area contributed by atoms with Crippen LogP contribution in [0.25, 0.3) is 10.8 Å². The van der Waals surface area contributed by atoms with Crippen molar-refractivity contribution in [3.8, 4) is 0 Å². The number of carbonyl (C=O) groups excluding carboxylic acids is 1. The van der Waals surface area contributed by atoms with Gasteiger partial charge in [-0.3, -0.25) is 9.59 Å². The second kappa shape index (κ2) is 8.77.